The van der Waals surface area contributed by atoms with Crippen LogP contribution in [0.1, 0.15) is 29.3 Å². The van der Waals surface area contributed by atoms with Crippen LogP contribution in [0.3, 0.4) is 0 Å². The van der Waals surface area contributed by atoms with Crippen molar-refractivity contribution < 1.29 is 0 Å². The molecule has 0 fully saturated rings. The number of fused-ring (bicyclic) bond motifs is 3. The van der Waals surface area contributed by atoms with Crippen molar-refractivity contribution >= 4 is 10.9 Å². The second-order valence-corrected chi connectivity index (χ2v) is 5.45. The Morgan fingerprint density at radius 2 is 2.06 bits per heavy atom. The number of nitrogens with zero attached hydrogens (tertiary/aromatic N) is 1. The van der Waals surface area contributed by atoms with E-state index in [1.165, 1.54) is 27.7 Å². The molecule has 0 aliphatic carbocycles. The quantitative estimate of drug-likeness (QED) is 0.733. The normalized spacial score (nSPS) is 19.6. The first-order chi connectivity index (χ1) is 8.08. The average Bonchev–Trinajstić information content (AvgIpc) is 2.52. The van der Waals surface area contributed by atoms with E-state index in [1.807, 2.05) is 0 Å². The van der Waals surface area contributed by atoms with E-state index in [0.29, 0.717) is 6.04 Å². The molecule has 2 heteroatoms. The van der Waals surface area contributed by atoms with E-state index in [-0.39, 0.29) is 0 Å². The van der Waals surface area contributed by atoms with Gasteiger partial charge in [-0.3, -0.25) is 0 Å². The van der Waals surface area contributed by atoms with Crippen molar-refractivity contribution in [2.45, 2.75) is 39.8 Å². The molecular formula is C15H20N2. The lowest BCUT2D eigenvalue weighted by Gasteiger charge is -2.21. The van der Waals surface area contributed by atoms with Gasteiger partial charge in [0.25, 0.3) is 0 Å². The molecule has 0 saturated carbocycles. The topological polar surface area (TPSA) is 17.0 Å². The molecule has 0 amide bonds. The van der Waals surface area contributed by atoms with Gasteiger partial charge < -0.3 is 9.88 Å². The molecule has 1 aliphatic heterocycles. The Hall–Kier alpha value is -1.28. The van der Waals surface area contributed by atoms with Crippen LogP contribution >= 0.6 is 0 Å². The summed E-state index contributed by atoms with van der Waals surface area (Å²) in [4.78, 5) is 0. The number of benzene rings is 1. The number of aryl methyl sites for hydroxylation is 3. The van der Waals surface area contributed by atoms with Crippen LogP contribution in [0.15, 0.2) is 12.1 Å². The van der Waals surface area contributed by atoms with Crippen LogP contribution < -0.4 is 5.32 Å². The SMILES string of the molecule is Cc1cc(C)c2c3c(n(C)c2c1)CNC(C)C3. The Kier molecular flexibility index (Phi) is 2.30. The predicted octanol–water partition coefficient (Wildman–Crippen LogP) is 2.83. The van der Waals surface area contributed by atoms with Crippen molar-refractivity contribution in [3.8, 4) is 0 Å². The van der Waals surface area contributed by atoms with Crippen LogP contribution in [0, 0.1) is 13.8 Å². The molecule has 1 aliphatic rings. The standard InChI is InChI=1S/C15H20N2/c1-9-5-10(2)15-12-7-11(3)16-8-14(12)17(4)13(15)6-9/h5-6,11,16H,7-8H2,1-4H3. The van der Waals surface area contributed by atoms with Gasteiger partial charge in [0.15, 0.2) is 0 Å². The molecule has 2 nitrogen and oxygen atoms in total. The number of hydrogen-bond donors (Lipinski definition) is 1. The van der Waals surface area contributed by atoms with Crippen LogP contribution in [-0.4, -0.2) is 10.6 Å². The molecule has 1 aromatic carbocycles. The average molecular weight is 228 g/mol. The molecule has 1 N–H and O–H groups in total. The second-order valence-electron chi connectivity index (χ2n) is 5.45. The third-order valence-electron chi connectivity index (χ3n) is 4.00. The minimum atomic E-state index is 0.591. The lowest BCUT2D eigenvalue weighted by molar-refractivity contribution is 0.500. The zero-order valence-electron chi connectivity index (χ0n) is 11.1. The Bertz CT molecular complexity index is 593. The Morgan fingerprint density at radius 3 is 2.82 bits per heavy atom. The molecule has 2 heterocycles. The zero-order valence-corrected chi connectivity index (χ0v) is 11.1. The molecule has 0 radical (unpaired) electrons. The van der Waals surface area contributed by atoms with Crippen LogP contribution in [0.2, 0.25) is 0 Å². The summed E-state index contributed by atoms with van der Waals surface area (Å²) < 4.78 is 2.36. The van der Waals surface area contributed by atoms with Gasteiger partial charge in [-0.05, 0) is 49.9 Å². The van der Waals surface area contributed by atoms with Crippen LogP contribution in [0.4, 0.5) is 0 Å². The summed E-state index contributed by atoms with van der Waals surface area (Å²) in [6.07, 6.45) is 1.15. The number of rotatable bonds is 0. The van der Waals surface area contributed by atoms with Gasteiger partial charge in [0.05, 0.1) is 0 Å². The lowest BCUT2D eigenvalue weighted by atomic mass is 9.96. The molecule has 0 saturated heterocycles. The van der Waals surface area contributed by atoms with Gasteiger partial charge in [-0.1, -0.05) is 6.07 Å². The third kappa shape index (κ3) is 1.51. The summed E-state index contributed by atoms with van der Waals surface area (Å²) in [5.74, 6) is 0. The summed E-state index contributed by atoms with van der Waals surface area (Å²) in [7, 11) is 2.19. The fourth-order valence-corrected chi connectivity index (χ4v) is 3.19. The van der Waals surface area contributed by atoms with Crippen molar-refractivity contribution in [1.29, 1.82) is 0 Å². The van der Waals surface area contributed by atoms with Crippen molar-refractivity contribution in [3.05, 3.63) is 34.5 Å². The molecule has 0 spiro atoms. The van der Waals surface area contributed by atoms with Crippen molar-refractivity contribution in [3.63, 3.8) is 0 Å². The van der Waals surface area contributed by atoms with Crippen LogP contribution in [0.25, 0.3) is 10.9 Å². The molecule has 17 heavy (non-hydrogen) atoms. The van der Waals surface area contributed by atoms with E-state index in [9.17, 15) is 0 Å². The lowest BCUT2D eigenvalue weighted by Crippen LogP contribution is -2.33. The molecule has 90 valence electrons. The van der Waals surface area contributed by atoms with E-state index >= 15 is 0 Å². The summed E-state index contributed by atoms with van der Waals surface area (Å²) in [6, 6.07) is 5.20. The Morgan fingerprint density at radius 1 is 1.29 bits per heavy atom. The minimum Gasteiger partial charge on any atom is -0.346 e. The van der Waals surface area contributed by atoms with Gasteiger partial charge in [-0.15, -0.1) is 0 Å². The molecule has 2 aromatic rings. The summed E-state index contributed by atoms with van der Waals surface area (Å²) in [5, 5.41) is 5.04. The highest BCUT2D eigenvalue weighted by Crippen LogP contribution is 2.32. The van der Waals surface area contributed by atoms with Crippen molar-refractivity contribution in [2.75, 3.05) is 0 Å². The summed E-state index contributed by atoms with van der Waals surface area (Å²) in [5.41, 5.74) is 7.20. The molecule has 0 bridgehead atoms. The van der Waals surface area contributed by atoms with Gasteiger partial charge in [0.1, 0.15) is 0 Å². The Labute approximate surface area is 103 Å². The first kappa shape index (κ1) is 10.8. The molecule has 1 aromatic heterocycles. The van der Waals surface area contributed by atoms with Crippen LogP contribution in [-0.2, 0) is 20.0 Å². The largest absolute Gasteiger partial charge is 0.346 e. The van der Waals surface area contributed by atoms with E-state index in [2.05, 4.69) is 49.8 Å². The van der Waals surface area contributed by atoms with E-state index in [4.69, 9.17) is 0 Å². The fraction of sp³-hybridized carbons (Fsp3) is 0.467. The van der Waals surface area contributed by atoms with Gasteiger partial charge in [0.2, 0.25) is 0 Å². The first-order valence-electron chi connectivity index (χ1n) is 6.38. The number of aromatic nitrogens is 1. The van der Waals surface area contributed by atoms with Gasteiger partial charge in [-0.2, -0.15) is 0 Å². The summed E-state index contributed by atoms with van der Waals surface area (Å²) in [6.45, 7) is 7.69. The van der Waals surface area contributed by atoms with Crippen molar-refractivity contribution in [2.24, 2.45) is 7.05 Å². The van der Waals surface area contributed by atoms with Crippen molar-refractivity contribution in [1.82, 2.24) is 9.88 Å². The number of hydrogen-bond acceptors (Lipinski definition) is 1. The monoisotopic (exact) mass is 228 g/mol. The smallest absolute Gasteiger partial charge is 0.0488 e. The molecule has 1 atom stereocenters. The predicted molar refractivity (Wildman–Crippen MR) is 72.4 cm³/mol. The van der Waals surface area contributed by atoms with Gasteiger partial charge in [0, 0.05) is 36.2 Å². The zero-order chi connectivity index (χ0) is 12.2. The summed E-state index contributed by atoms with van der Waals surface area (Å²) >= 11 is 0. The van der Waals surface area contributed by atoms with E-state index in [0.717, 1.165) is 13.0 Å². The fourth-order valence-electron chi connectivity index (χ4n) is 3.19. The van der Waals surface area contributed by atoms with Crippen LogP contribution in [0.5, 0.6) is 0 Å². The molecule has 1 unspecified atom stereocenters. The third-order valence-corrected chi connectivity index (χ3v) is 4.00. The van der Waals surface area contributed by atoms with E-state index < -0.39 is 0 Å². The maximum absolute atomic E-state index is 3.55. The van der Waals surface area contributed by atoms with Gasteiger partial charge >= 0.3 is 0 Å². The molecule has 3 rings (SSSR count). The maximum atomic E-state index is 3.55. The maximum Gasteiger partial charge on any atom is 0.0488 e. The Balaban J connectivity index is 2.38. The first-order valence-corrected chi connectivity index (χ1v) is 6.38. The van der Waals surface area contributed by atoms with E-state index in [1.54, 1.807) is 5.56 Å². The molecular weight excluding hydrogens is 208 g/mol. The highest BCUT2D eigenvalue weighted by molar-refractivity contribution is 5.89. The number of nitrogens with one attached hydrogen (secondary N) is 1. The highest BCUT2D eigenvalue weighted by Gasteiger charge is 2.22. The van der Waals surface area contributed by atoms with Gasteiger partial charge in [-0.25, -0.2) is 0 Å². The minimum absolute atomic E-state index is 0.591. The highest BCUT2D eigenvalue weighted by atomic mass is 15.0. The second kappa shape index (κ2) is 3.61.